The van der Waals surface area contributed by atoms with Crippen molar-refractivity contribution in [2.45, 2.75) is 19.8 Å². The normalized spacial score (nSPS) is 9.86. The summed E-state index contributed by atoms with van der Waals surface area (Å²) in [6, 6.07) is 5.10. The summed E-state index contributed by atoms with van der Waals surface area (Å²) >= 11 is 0. The third-order valence-corrected chi connectivity index (χ3v) is 2.12. The van der Waals surface area contributed by atoms with Gasteiger partial charge in [0.2, 0.25) is 0 Å². The Bertz CT molecular complexity index is 337. The van der Waals surface area contributed by atoms with Crippen molar-refractivity contribution < 1.29 is 4.92 Å². The zero-order valence-corrected chi connectivity index (χ0v) is 8.41. The van der Waals surface area contributed by atoms with Crippen molar-refractivity contribution in [1.29, 1.82) is 0 Å². The third kappa shape index (κ3) is 2.02. The summed E-state index contributed by atoms with van der Waals surface area (Å²) in [4.78, 5) is 10.4. The van der Waals surface area contributed by atoms with Crippen LogP contribution in [0.4, 0.5) is 11.4 Å². The molecule has 14 heavy (non-hydrogen) atoms. The van der Waals surface area contributed by atoms with E-state index >= 15 is 0 Å². The molecular formula is C10H14N2O2. The lowest BCUT2D eigenvalue weighted by Gasteiger charge is -2.07. The Morgan fingerprint density at radius 2 is 2.21 bits per heavy atom. The van der Waals surface area contributed by atoms with E-state index in [0.29, 0.717) is 0 Å². The summed E-state index contributed by atoms with van der Waals surface area (Å²) in [7, 11) is 1.78. The van der Waals surface area contributed by atoms with E-state index in [0.717, 1.165) is 24.1 Å². The van der Waals surface area contributed by atoms with E-state index in [2.05, 4.69) is 5.32 Å². The van der Waals surface area contributed by atoms with Gasteiger partial charge in [-0.15, -0.1) is 0 Å². The molecule has 4 heteroatoms. The molecule has 0 bridgehead atoms. The molecule has 0 heterocycles. The summed E-state index contributed by atoms with van der Waals surface area (Å²) in [5.41, 5.74) is 1.85. The second kappa shape index (κ2) is 4.60. The Labute approximate surface area is 83.1 Å². The molecule has 0 atom stereocenters. The number of benzene rings is 1. The van der Waals surface area contributed by atoms with Crippen molar-refractivity contribution in [2.75, 3.05) is 12.4 Å². The van der Waals surface area contributed by atoms with Crippen molar-refractivity contribution in [1.82, 2.24) is 0 Å². The number of nitrogens with zero attached hydrogens (tertiary/aromatic N) is 1. The highest BCUT2D eigenvalue weighted by atomic mass is 16.6. The Morgan fingerprint density at radius 3 is 2.71 bits per heavy atom. The molecule has 0 aliphatic rings. The quantitative estimate of drug-likeness (QED) is 0.592. The van der Waals surface area contributed by atoms with Crippen LogP contribution in [0.25, 0.3) is 0 Å². The van der Waals surface area contributed by atoms with Gasteiger partial charge in [0.15, 0.2) is 0 Å². The minimum Gasteiger partial charge on any atom is -0.388 e. The Kier molecular flexibility index (Phi) is 3.45. The molecule has 0 aliphatic heterocycles. The van der Waals surface area contributed by atoms with E-state index in [-0.39, 0.29) is 10.6 Å². The number of hydrogen-bond acceptors (Lipinski definition) is 3. The molecule has 0 spiro atoms. The van der Waals surface area contributed by atoms with Gasteiger partial charge < -0.3 is 5.32 Å². The molecule has 0 unspecified atom stereocenters. The third-order valence-electron chi connectivity index (χ3n) is 2.12. The number of nitro benzene ring substituents is 1. The van der Waals surface area contributed by atoms with Crippen molar-refractivity contribution in [3.05, 3.63) is 33.9 Å². The minimum atomic E-state index is -0.328. The Hall–Kier alpha value is -1.58. The van der Waals surface area contributed by atoms with Crippen LogP contribution >= 0.6 is 0 Å². The molecule has 0 radical (unpaired) electrons. The van der Waals surface area contributed by atoms with Gasteiger partial charge in [0.1, 0.15) is 0 Å². The van der Waals surface area contributed by atoms with Crippen molar-refractivity contribution >= 4 is 11.4 Å². The molecule has 1 aromatic carbocycles. The molecule has 4 nitrogen and oxygen atoms in total. The van der Waals surface area contributed by atoms with Crippen molar-refractivity contribution in [2.24, 2.45) is 0 Å². The maximum absolute atomic E-state index is 10.7. The van der Waals surface area contributed by atoms with Gasteiger partial charge >= 0.3 is 0 Å². The van der Waals surface area contributed by atoms with Crippen LogP contribution in [0, 0.1) is 10.1 Å². The first-order valence-electron chi connectivity index (χ1n) is 4.64. The van der Waals surface area contributed by atoms with Crippen LogP contribution in [0.1, 0.15) is 18.9 Å². The van der Waals surface area contributed by atoms with Gasteiger partial charge in [-0.1, -0.05) is 19.4 Å². The van der Waals surface area contributed by atoms with Gasteiger partial charge in [0.25, 0.3) is 5.69 Å². The fraction of sp³-hybridized carbons (Fsp3) is 0.400. The topological polar surface area (TPSA) is 55.2 Å². The second-order valence-electron chi connectivity index (χ2n) is 3.06. The van der Waals surface area contributed by atoms with E-state index in [9.17, 15) is 10.1 Å². The van der Waals surface area contributed by atoms with Crippen LogP contribution in [0.5, 0.6) is 0 Å². The molecule has 0 amide bonds. The minimum absolute atomic E-state index is 0.207. The second-order valence-corrected chi connectivity index (χ2v) is 3.06. The predicted octanol–water partition coefficient (Wildman–Crippen LogP) is 2.59. The van der Waals surface area contributed by atoms with Crippen LogP contribution in [0.3, 0.4) is 0 Å². The van der Waals surface area contributed by atoms with E-state index in [4.69, 9.17) is 0 Å². The molecule has 0 fully saturated rings. The van der Waals surface area contributed by atoms with Gasteiger partial charge in [-0.2, -0.15) is 0 Å². The van der Waals surface area contributed by atoms with Gasteiger partial charge in [0, 0.05) is 18.8 Å². The average molecular weight is 194 g/mol. The molecule has 76 valence electrons. The van der Waals surface area contributed by atoms with E-state index < -0.39 is 0 Å². The largest absolute Gasteiger partial charge is 0.388 e. The fourth-order valence-corrected chi connectivity index (χ4v) is 1.49. The standard InChI is InChI=1S/C10H14N2O2/c1-3-5-8-9(11-2)6-4-7-10(8)12(13)14/h4,6-7,11H,3,5H2,1-2H3. The van der Waals surface area contributed by atoms with Crippen LogP contribution in [-0.2, 0) is 6.42 Å². The first-order valence-corrected chi connectivity index (χ1v) is 4.64. The number of nitrogens with one attached hydrogen (secondary N) is 1. The Morgan fingerprint density at radius 1 is 1.50 bits per heavy atom. The van der Waals surface area contributed by atoms with Crippen LogP contribution < -0.4 is 5.32 Å². The molecule has 0 saturated carbocycles. The van der Waals surface area contributed by atoms with Gasteiger partial charge in [-0.05, 0) is 12.5 Å². The SMILES string of the molecule is CCCc1c(NC)cccc1[N+](=O)[O-]. The van der Waals surface area contributed by atoms with Gasteiger partial charge in [-0.25, -0.2) is 0 Å². The maximum Gasteiger partial charge on any atom is 0.274 e. The lowest BCUT2D eigenvalue weighted by atomic mass is 10.1. The summed E-state index contributed by atoms with van der Waals surface area (Å²) in [5, 5.41) is 13.7. The Balaban J connectivity index is 3.20. The summed E-state index contributed by atoms with van der Waals surface area (Å²) in [6.45, 7) is 2.01. The molecule has 1 rings (SSSR count). The smallest absolute Gasteiger partial charge is 0.274 e. The van der Waals surface area contributed by atoms with Crippen molar-refractivity contribution in [3.63, 3.8) is 0 Å². The monoisotopic (exact) mass is 194 g/mol. The first kappa shape index (κ1) is 10.5. The zero-order valence-electron chi connectivity index (χ0n) is 8.41. The fourth-order valence-electron chi connectivity index (χ4n) is 1.49. The van der Waals surface area contributed by atoms with Crippen molar-refractivity contribution in [3.8, 4) is 0 Å². The number of rotatable bonds is 4. The molecular weight excluding hydrogens is 180 g/mol. The van der Waals surface area contributed by atoms with Crippen LogP contribution in [0.15, 0.2) is 18.2 Å². The zero-order chi connectivity index (χ0) is 10.6. The molecule has 1 N–H and O–H groups in total. The number of anilines is 1. The summed E-state index contributed by atoms with van der Waals surface area (Å²) in [6.07, 6.45) is 1.63. The van der Waals surface area contributed by atoms with Crippen LogP contribution in [0.2, 0.25) is 0 Å². The highest BCUT2D eigenvalue weighted by Gasteiger charge is 2.15. The van der Waals surface area contributed by atoms with Gasteiger partial charge in [0.05, 0.1) is 10.5 Å². The van der Waals surface area contributed by atoms with E-state index in [1.807, 2.05) is 13.0 Å². The molecule has 1 aromatic rings. The predicted molar refractivity (Wildman–Crippen MR) is 56.6 cm³/mol. The number of nitro groups is 1. The van der Waals surface area contributed by atoms with E-state index in [1.54, 1.807) is 19.2 Å². The maximum atomic E-state index is 10.7. The molecule has 0 aliphatic carbocycles. The first-order chi connectivity index (χ1) is 6.70. The van der Waals surface area contributed by atoms with Crippen LogP contribution in [-0.4, -0.2) is 12.0 Å². The lowest BCUT2D eigenvalue weighted by molar-refractivity contribution is -0.385. The highest BCUT2D eigenvalue weighted by Crippen LogP contribution is 2.27. The molecule has 0 saturated heterocycles. The lowest BCUT2D eigenvalue weighted by Crippen LogP contribution is -2.00. The molecule has 0 aromatic heterocycles. The van der Waals surface area contributed by atoms with Gasteiger partial charge in [-0.3, -0.25) is 10.1 Å². The van der Waals surface area contributed by atoms with E-state index in [1.165, 1.54) is 0 Å². The average Bonchev–Trinajstić information content (AvgIpc) is 2.18. The highest BCUT2D eigenvalue weighted by molar-refractivity contribution is 5.60. The summed E-state index contributed by atoms with van der Waals surface area (Å²) < 4.78 is 0. The number of hydrogen-bond donors (Lipinski definition) is 1. The summed E-state index contributed by atoms with van der Waals surface area (Å²) in [5.74, 6) is 0.